The molecule has 0 saturated heterocycles. The molecule has 0 spiro atoms. The molecular weight excluding hydrogens is 454 g/mol. The molecule has 0 saturated carbocycles. The fourth-order valence-electron chi connectivity index (χ4n) is 5.15. The Morgan fingerprint density at radius 3 is 2.18 bits per heavy atom. The molecule has 8 rings (SSSR count). The first-order chi connectivity index (χ1) is 16.9. The monoisotopic (exact) mass is 471 g/mol. The van der Waals surface area contributed by atoms with Gasteiger partial charge < -0.3 is 0 Å². The second-order valence-electron chi connectivity index (χ2n) is 8.46. The minimum atomic E-state index is 0.925. The molecule has 0 bridgehead atoms. The average Bonchev–Trinajstić information content (AvgIpc) is 3.61. The zero-order chi connectivity index (χ0) is 22.2. The third-order valence-electron chi connectivity index (χ3n) is 6.58. The van der Waals surface area contributed by atoms with Crippen LogP contribution in [0.4, 0.5) is 0 Å². The molecule has 0 amide bonds. The summed E-state index contributed by atoms with van der Waals surface area (Å²) in [5.41, 5.74) is 5.66. The van der Waals surface area contributed by atoms with Crippen molar-refractivity contribution in [3.63, 3.8) is 0 Å². The molecule has 8 aromatic rings. The van der Waals surface area contributed by atoms with Crippen LogP contribution in [0, 0.1) is 0 Å². The van der Waals surface area contributed by atoms with E-state index in [1.54, 1.807) is 0 Å². The van der Waals surface area contributed by atoms with Gasteiger partial charge in [-0.05, 0) is 36.4 Å². The summed E-state index contributed by atoms with van der Waals surface area (Å²) in [6, 6.07) is 36.4. The normalized spacial score (nSPS) is 12.1. The summed E-state index contributed by atoms with van der Waals surface area (Å²) < 4.78 is 8.70. The highest BCUT2D eigenvalue weighted by Crippen LogP contribution is 2.48. The van der Waals surface area contributed by atoms with E-state index in [4.69, 9.17) is 4.98 Å². The fourth-order valence-corrected chi connectivity index (χ4v) is 7.84. The van der Waals surface area contributed by atoms with Crippen molar-refractivity contribution in [2.45, 2.75) is 0 Å². The van der Waals surface area contributed by atoms with Gasteiger partial charge in [0.1, 0.15) is 0 Å². The Labute approximate surface area is 202 Å². The van der Waals surface area contributed by atoms with Gasteiger partial charge in [0.15, 0.2) is 0 Å². The van der Waals surface area contributed by atoms with Gasteiger partial charge in [-0.25, -0.2) is 4.98 Å². The summed E-state index contributed by atoms with van der Waals surface area (Å²) in [6.07, 6.45) is 0. The summed E-state index contributed by atoms with van der Waals surface area (Å²) in [5.74, 6) is 0.925. The van der Waals surface area contributed by atoms with Gasteiger partial charge in [-0.1, -0.05) is 66.7 Å². The molecule has 0 atom stereocenters. The van der Waals surface area contributed by atoms with E-state index in [1.165, 1.54) is 40.6 Å². The first-order valence-electron chi connectivity index (χ1n) is 11.2. The van der Waals surface area contributed by atoms with Crippen LogP contribution >= 0.6 is 22.7 Å². The molecule has 34 heavy (non-hydrogen) atoms. The minimum absolute atomic E-state index is 0.925. The molecule has 0 aliphatic carbocycles. The summed E-state index contributed by atoms with van der Waals surface area (Å²) in [7, 11) is 0. The van der Waals surface area contributed by atoms with Crippen molar-refractivity contribution in [3.8, 4) is 11.6 Å². The van der Waals surface area contributed by atoms with Crippen molar-refractivity contribution in [2.75, 3.05) is 0 Å². The Morgan fingerprint density at radius 1 is 0.588 bits per heavy atom. The lowest BCUT2D eigenvalue weighted by Gasteiger charge is -2.12. The van der Waals surface area contributed by atoms with Crippen LogP contribution in [0.15, 0.2) is 103 Å². The van der Waals surface area contributed by atoms with Gasteiger partial charge in [-0.2, -0.15) is 0 Å². The van der Waals surface area contributed by atoms with E-state index in [0.29, 0.717) is 0 Å². The maximum absolute atomic E-state index is 5.22. The van der Waals surface area contributed by atoms with E-state index in [9.17, 15) is 0 Å². The van der Waals surface area contributed by atoms with Crippen LogP contribution in [0.1, 0.15) is 0 Å². The summed E-state index contributed by atoms with van der Waals surface area (Å²) in [4.78, 5) is 5.22. The largest absolute Gasteiger partial charge is 0.278 e. The van der Waals surface area contributed by atoms with Crippen LogP contribution < -0.4 is 0 Å². The van der Waals surface area contributed by atoms with Gasteiger partial charge >= 0.3 is 0 Å². The molecule has 3 nitrogen and oxygen atoms in total. The van der Waals surface area contributed by atoms with Crippen LogP contribution in [0.5, 0.6) is 0 Å². The molecular formula is C29H17N3S2. The quantitative estimate of drug-likeness (QED) is 0.248. The topological polar surface area (TPSA) is 22.8 Å². The number of thiophene rings is 2. The standard InChI is InChI=1S/C29H17N3S2/c1-2-10-18(11-3-1)31-23-16-8-6-14-21(23)30-29(31)32-22-15-7-4-12-19(22)27-26(32)25-20-13-5-9-17-24(20)33-28(25)34-27/h1-17H. The predicted molar refractivity (Wildman–Crippen MR) is 146 cm³/mol. The van der Waals surface area contributed by atoms with E-state index in [2.05, 4.69) is 112 Å². The highest BCUT2D eigenvalue weighted by atomic mass is 32.2. The number of para-hydroxylation sites is 4. The zero-order valence-corrected chi connectivity index (χ0v) is 19.6. The number of fused-ring (bicyclic) bond motifs is 8. The highest BCUT2D eigenvalue weighted by Gasteiger charge is 2.24. The molecule has 0 aliphatic rings. The second kappa shape index (κ2) is 6.79. The Balaban J connectivity index is 1.62. The van der Waals surface area contributed by atoms with E-state index in [0.717, 1.165) is 22.7 Å². The molecule has 5 heteroatoms. The van der Waals surface area contributed by atoms with E-state index >= 15 is 0 Å². The highest BCUT2D eigenvalue weighted by molar-refractivity contribution is 7.45. The van der Waals surface area contributed by atoms with Gasteiger partial charge in [-0.15, -0.1) is 22.7 Å². The SMILES string of the molecule is c1ccc(-n2c(-n3c4ccccc4c4sc5sc6ccccc6c5c43)nc3ccccc32)cc1. The summed E-state index contributed by atoms with van der Waals surface area (Å²) in [6.45, 7) is 0. The van der Waals surface area contributed by atoms with Crippen molar-refractivity contribution in [1.29, 1.82) is 0 Å². The van der Waals surface area contributed by atoms with E-state index in [-0.39, 0.29) is 0 Å². The number of aromatic nitrogens is 3. The van der Waals surface area contributed by atoms with Crippen molar-refractivity contribution in [2.24, 2.45) is 0 Å². The summed E-state index contributed by atoms with van der Waals surface area (Å²) in [5, 5.41) is 3.94. The molecule has 0 radical (unpaired) electrons. The number of benzene rings is 4. The number of hydrogen-bond acceptors (Lipinski definition) is 3. The van der Waals surface area contributed by atoms with Crippen molar-refractivity contribution < 1.29 is 0 Å². The molecule has 160 valence electrons. The Kier molecular flexibility index (Phi) is 3.69. The molecule has 0 fully saturated rings. The average molecular weight is 472 g/mol. The van der Waals surface area contributed by atoms with E-state index < -0.39 is 0 Å². The van der Waals surface area contributed by atoms with Crippen LogP contribution in [-0.4, -0.2) is 14.1 Å². The molecule has 0 aliphatic heterocycles. The summed E-state index contributed by atoms with van der Waals surface area (Å²) >= 11 is 3.79. The lowest BCUT2D eigenvalue weighted by Crippen LogP contribution is -2.05. The molecule has 4 aromatic carbocycles. The smallest absolute Gasteiger partial charge is 0.220 e. The van der Waals surface area contributed by atoms with Crippen LogP contribution in [0.3, 0.4) is 0 Å². The lowest BCUT2D eigenvalue weighted by molar-refractivity contribution is 0.958. The van der Waals surface area contributed by atoms with Crippen molar-refractivity contribution in [3.05, 3.63) is 103 Å². The van der Waals surface area contributed by atoms with Gasteiger partial charge in [0.2, 0.25) is 5.95 Å². The maximum Gasteiger partial charge on any atom is 0.220 e. The number of rotatable bonds is 2. The van der Waals surface area contributed by atoms with Crippen LogP contribution in [0.25, 0.3) is 63.3 Å². The van der Waals surface area contributed by atoms with E-state index in [1.807, 2.05) is 22.7 Å². The first-order valence-corrected chi connectivity index (χ1v) is 12.9. The molecule has 4 aromatic heterocycles. The Morgan fingerprint density at radius 2 is 1.29 bits per heavy atom. The van der Waals surface area contributed by atoms with Gasteiger partial charge in [0.25, 0.3) is 0 Å². The number of imidazole rings is 1. The Hall–Kier alpha value is -3.93. The maximum atomic E-state index is 5.22. The van der Waals surface area contributed by atoms with Crippen LogP contribution in [-0.2, 0) is 0 Å². The van der Waals surface area contributed by atoms with Gasteiger partial charge in [0.05, 0.1) is 30.8 Å². The minimum Gasteiger partial charge on any atom is -0.278 e. The lowest BCUT2D eigenvalue weighted by atomic mass is 10.2. The molecule has 0 unspecified atom stereocenters. The van der Waals surface area contributed by atoms with Crippen molar-refractivity contribution in [1.82, 2.24) is 14.1 Å². The van der Waals surface area contributed by atoms with Gasteiger partial charge in [-0.3, -0.25) is 9.13 Å². The van der Waals surface area contributed by atoms with Gasteiger partial charge in [0, 0.05) is 26.5 Å². The molecule has 0 N–H and O–H groups in total. The zero-order valence-electron chi connectivity index (χ0n) is 18.0. The first kappa shape index (κ1) is 18.5. The second-order valence-corrected chi connectivity index (χ2v) is 10.8. The number of hydrogen-bond donors (Lipinski definition) is 0. The third-order valence-corrected chi connectivity index (χ3v) is 9.05. The number of nitrogens with zero attached hydrogens (tertiary/aromatic N) is 3. The third kappa shape index (κ3) is 2.37. The fraction of sp³-hybridized carbons (Fsp3) is 0. The van der Waals surface area contributed by atoms with Crippen molar-refractivity contribution >= 4 is 74.3 Å². The predicted octanol–water partition coefficient (Wildman–Crippen LogP) is 8.55. The van der Waals surface area contributed by atoms with Crippen LogP contribution in [0.2, 0.25) is 0 Å². The molecule has 4 heterocycles. The Bertz CT molecular complexity index is 2020.